The first kappa shape index (κ1) is 54.6. The lowest BCUT2D eigenvalue weighted by Gasteiger charge is -2.18. The van der Waals surface area contributed by atoms with Gasteiger partial charge in [-0.2, -0.15) is 0 Å². The first-order valence-corrected chi connectivity index (χ1v) is 23.7. The van der Waals surface area contributed by atoms with Crippen LogP contribution in [0.1, 0.15) is 213 Å². The van der Waals surface area contributed by atoms with Gasteiger partial charge in [0.25, 0.3) is 0 Å². The summed E-state index contributed by atoms with van der Waals surface area (Å²) in [5.74, 6) is -1.28. The van der Waals surface area contributed by atoms with Crippen LogP contribution >= 0.6 is 0 Å². The summed E-state index contributed by atoms with van der Waals surface area (Å²) >= 11 is 0. The molecule has 0 radical (unpaired) electrons. The molecular formula is C52H87NO5. The Hall–Kier alpha value is -3.41. The molecule has 0 saturated carbocycles. The van der Waals surface area contributed by atoms with E-state index < -0.39 is 5.97 Å². The zero-order valence-electron chi connectivity index (χ0n) is 37.4. The molecule has 0 aliphatic carbocycles. The van der Waals surface area contributed by atoms with Crippen LogP contribution in [0.25, 0.3) is 0 Å². The largest absolute Gasteiger partial charge is 0.480 e. The molecular weight excluding hydrogens is 719 g/mol. The monoisotopic (exact) mass is 806 g/mol. The SMILES string of the molecule is CC/C=C\C/C=C\C/C=C\C/C=C\CCCCC(CCCCCCCC(=O)NCC(=O)O)OC(=O)CCCCCCCC/C=C\C/C=C\C/C=C\CCCCCCC. The van der Waals surface area contributed by atoms with Crippen LogP contribution in [-0.2, 0) is 19.1 Å². The van der Waals surface area contributed by atoms with Crippen molar-refractivity contribution in [3.63, 3.8) is 0 Å². The average molecular weight is 806 g/mol. The molecule has 0 aliphatic heterocycles. The van der Waals surface area contributed by atoms with E-state index in [9.17, 15) is 14.4 Å². The van der Waals surface area contributed by atoms with Gasteiger partial charge in [0.05, 0.1) is 0 Å². The van der Waals surface area contributed by atoms with Crippen LogP contribution in [0.15, 0.2) is 85.1 Å². The number of carbonyl (C=O) groups excluding carboxylic acids is 2. The third-order valence-corrected chi connectivity index (χ3v) is 10.1. The van der Waals surface area contributed by atoms with Crippen LogP contribution in [0.3, 0.4) is 0 Å². The smallest absolute Gasteiger partial charge is 0.322 e. The van der Waals surface area contributed by atoms with E-state index in [0.717, 1.165) is 122 Å². The fourth-order valence-corrected chi connectivity index (χ4v) is 6.57. The minimum atomic E-state index is -1.02. The summed E-state index contributed by atoms with van der Waals surface area (Å²) in [6.45, 7) is 4.10. The number of carboxylic acid groups (broad SMARTS) is 1. The fourth-order valence-electron chi connectivity index (χ4n) is 6.57. The molecule has 0 spiro atoms. The van der Waals surface area contributed by atoms with Gasteiger partial charge in [-0.05, 0) is 116 Å². The van der Waals surface area contributed by atoms with Crippen molar-refractivity contribution in [1.29, 1.82) is 0 Å². The van der Waals surface area contributed by atoms with Gasteiger partial charge in [-0.15, -0.1) is 0 Å². The number of unbranched alkanes of at least 4 members (excludes halogenated alkanes) is 17. The Morgan fingerprint density at radius 3 is 1.33 bits per heavy atom. The normalized spacial score (nSPS) is 12.9. The highest BCUT2D eigenvalue weighted by atomic mass is 16.5. The standard InChI is InChI=1S/C52H87NO5/c1-3-5-7-9-11-13-15-17-19-20-21-22-23-24-26-28-30-32-34-39-43-47-52(57)58-49(45-41-37-35-38-42-46-50(54)53-48-51(55)56)44-40-36-33-31-29-27-25-18-16-14-12-10-8-6-4-2/h6,8,12,14-15,17-18,20-21,23-25,29,31,49H,3-5,7,9-11,13,16,19,22,26-28,30,32-48H2,1-2H3,(H,53,54)(H,55,56)/b8-6-,14-12-,17-15-,21-20-,24-23-,25-18-,31-29-. The van der Waals surface area contributed by atoms with Crippen molar-refractivity contribution in [3.8, 4) is 0 Å². The van der Waals surface area contributed by atoms with Crippen molar-refractivity contribution >= 4 is 17.8 Å². The average Bonchev–Trinajstić information content (AvgIpc) is 3.21. The molecule has 0 aliphatic rings. The molecule has 1 unspecified atom stereocenters. The van der Waals surface area contributed by atoms with Crippen LogP contribution in [-0.4, -0.2) is 35.6 Å². The number of rotatable bonds is 42. The van der Waals surface area contributed by atoms with Crippen LogP contribution in [0.2, 0.25) is 0 Å². The number of hydrogen-bond acceptors (Lipinski definition) is 4. The number of carbonyl (C=O) groups is 3. The van der Waals surface area contributed by atoms with Gasteiger partial charge in [0, 0.05) is 12.8 Å². The summed E-state index contributed by atoms with van der Waals surface area (Å²) < 4.78 is 6.03. The number of amides is 1. The second-order valence-electron chi connectivity index (χ2n) is 15.6. The molecule has 6 heteroatoms. The predicted molar refractivity (Wildman–Crippen MR) is 249 cm³/mol. The van der Waals surface area contributed by atoms with E-state index in [4.69, 9.17) is 9.84 Å². The van der Waals surface area contributed by atoms with Crippen molar-refractivity contribution < 1.29 is 24.2 Å². The highest BCUT2D eigenvalue weighted by molar-refractivity contribution is 5.80. The van der Waals surface area contributed by atoms with E-state index in [2.05, 4.69) is 104 Å². The summed E-state index contributed by atoms with van der Waals surface area (Å²) in [5.41, 5.74) is 0. The number of esters is 1. The molecule has 58 heavy (non-hydrogen) atoms. The molecule has 0 fully saturated rings. The number of aliphatic carboxylic acids is 1. The number of hydrogen-bond donors (Lipinski definition) is 2. The van der Waals surface area contributed by atoms with E-state index in [-0.39, 0.29) is 24.5 Å². The molecule has 0 bridgehead atoms. The lowest BCUT2D eigenvalue weighted by Crippen LogP contribution is -2.28. The van der Waals surface area contributed by atoms with E-state index in [1.165, 1.54) is 64.2 Å². The topological polar surface area (TPSA) is 92.7 Å². The third-order valence-electron chi connectivity index (χ3n) is 10.1. The maximum atomic E-state index is 12.8. The fraction of sp³-hybridized carbons (Fsp3) is 0.673. The Morgan fingerprint density at radius 2 is 0.845 bits per heavy atom. The van der Waals surface area contributed by atoms with Gasteiger partial charge in [-0.25, -0.2) is 0 Å². The second-order valence-corrected chi connectivity index (χ2v) is 15.6. The first-order valence-electron chi connectivity index (χ1n) is 23.7. The Labute approximate surface area is 356 Å². The minimum Gasteiger partial charge on any atom is -0.480 e. The maximum absolute atomic E-state index is 12.8. The Bertz CT molecular complexity index is 1160. The number of ether oxygens (including phenoxy) is 1. The van der Waals surface area contributed by atoms with Crippen LogP contribution in [0.4, 0.5) is 0 Å². The van der Waals surface area contributed by atoms with Gasteiger partial charge < -0.3 is 15.2 Å². The zero-order chi connectivity index (χ0) is 42.3. The maximum Gasteiger partial charge on any atom is 0.322 e. The van der Waals surface area contributed by atoms with Crippen molar-refractivity contribution in [2.45, 2.75) is 219 Å². The molecule has 0 rings (SSSR count). The van der Waals surface area contributed by atoms with E-state index >= 15 is 0 Å². The quantitative estimate of drug-likeness (QED) is 0.0364. The van der Waals surface area contributed by atoms with Gasteiger partial charge in [-0.3, -0.25) is 14.4 Å². The van der Waals surface area contributed by atoms with Gasteiger partial charge in [-0.1, -0.05) is 170 Å². The molecule has 0 saturated heterocycles. The van der Waals surface area contributed by atoms with Crippen LogP contribution in [0, 0.1) is 0 Å². The lowest BCUT2D eigenvalue weighted by atomic mass is 10.0. The third kappa shape index (κ3) is 45.3. The molecule has 0 aromatic rings. The van der Waals surface area contributed by atoms with Crippen molar-refractivity contribution in [2.24, 2.45) is 0 Å². The molecule has 1 amide bonds. The highest BCUT2D eigenvalue weighted by Crippen LogP contribution is 2.18. The molecule has 2 N–H and O–H groups in total. The Kier molecular flexibility index (Phi) is 43.6. The summed E-state index contributed by atoms with van der Waals surface area (Å²) in [6, 6.07) is 0. The number of nitrogens with one attached hydrogen (secondary N) is 1. The van der Waals surface area contributed by atoms with Crippen molar-refractivity contribution in [1.82, 2.24) is 5.32 Å². The molecule has 0 heterocycles. The van der Waals surface area contributed by atoms with Crippen LogP contribution < -0.4 is 5.32 Å². The van der Waals surface area contributed by atoms with Gasteiger partial charge in [0.15, 0.2) is 0 Å². The Balaban J connectivity index is 4.26. The zero-order valence-corrected chi connectivity index (χ0v) is 37.4. The van der Waals surface area contributed by atoms with Gasteiger partial charge >= 0.3 is 11.9 Å². The second kappa shape index (κ2) is 46.3. The van der Waals surface area contributed by atoms with Crippen LogP contribution in [0.5, 0.6) is 0 Å². The van der Waals surface area contributed by atoms with Crippen molar-refractivity contribution in [3.05, 3.63) is 85.1 Å². The van der Waals surface area contributed by atoms with E-state index in [1.54, 1.807) is 0 Å². The first-order chi connectivity index (χ1) is 28.5. The van der Waals surface area contributed by atoms with Gasteiger partial charge in [0.2, 0.25) is 5.91 Å². The van der Waals surface area contributed by atoms with Crippen molar-refractivity contribution in [2.75, 3.05) is 6.54 Å². The molecule has 1 atom stereocenters. The minimum absolute atomic E-state index is 0.0259. The van der Waals surface area contributed by atoms with Gasteiger partial charge in [0.1, 0.15) is 12.6 Å². The van der Waals surface area contributed by atoms with E-state index in [0.29, 0.717) is 12.8 Å². The molecule has 0 aromatic heterocycles. The summed E-state index contributed by atoms with van der Waals surface area (Å²) in [7, 11) is 0. The number of carboxylic acids is 1. The molecule has 6 nitrogen and oxygen atoms in total. The summed E-state index contributed by atoms with van der Waals surface area (Å²) in [4.78, 5) is 35.1. The number of allylic oxidation sites excluding steroid dienone is 14. The summed E-state index contributed by atoms with van der Waals surface area (Å²) in [5, 5.41) is 11.1. The lowest BCUT2D eigenvalue weighted by molar-refractivity contribution is -0.150. The molecule has 0 aromatic carbocycles. The van der Waals surface area contributed by atoms with E-state index in [1.807, 2.05) is 0 Å². The Morgan fingerprint density at radius 1 is 0.466 bits per heavy atom. The summed E-state index contributed by atoms with van der Waals surface area (Å²) in [6.07, 6.45) is 64.2. The molecule has 330 valence electrons. The predicted octanol–water partition coefficient (Wildman–Crippen LogP) is 15.1. The highest BCUT2D eigenvalue weighted by Gasteiger charge is 2.14.